The summed E-state index contributed by atoms with van der Waals surface area (Å²) in [5.41, 5.74) is 6.81. The number of para-hydroxylation sites is 1. The molecule has 0 aliphatic rings. The van der Waals surface area contributed by atoms with Gasteiger partial charge in [0.25, 0.3) is 11.5 Å². The standard InChI is InChI=1S/C21H18ClN5O4S/c22-13-3-1-2-4-14(13)27(10-16(28)29)20(31)15-8-7-12(32-15)6-5-11-9-24-18-17(11)19(30)26-21(23)25-18/h1-4,7-9H,5-6,10H2,(H,28,29)(H4,23,24,25,26,30). The highest BCUT2D eigenvalue weighted by Gasteiger charge is 2.23. The Morgan fingerprint density at radius 2 is 1.97 bits per heavy atom. The minimum Gasteiger partial charge on any atom is -0.480 e. The first-order valence-electron chi connectivity index (χ1n) is 9.56. The number of nitrogens with one attached hydrogen (secondary N) is 2. The number of benzene rings is 1. The number of carboxylic acid groups (broad SMARTS) is 1. The summed E-state index contributed by atoms with van der Waals surface area (Å²) in [6.07, 6.45) is 2.85. The average molecular weight is 472 g/mol. The van der Waals surface area contributed by atoms with Gasteiger partial charge in [0, 0.05) is 11.1 Å². The van der Waals surface area contributed by atoms with Gasteiger partial charge in [-0.05, 0) is 42.7 Å². The Morgan fingerprint density at radius 3 is 2.72 bits per heavy atom. The normalized spacial score (nSPS) is 11.0. The highest BCUT2D eigenvalue weighted by Crippen LogP contribution is 2.29. The number of carbonyl (C=O) groups is 2. The number of nitrogens with zero attached hydrogens (tertiary/aromatic N) is 2. The van der Waals surface area contributed by atoms with Crippen LogP contribution in [0.3, 0.4) is 0 Å². The van der Waals surface area contributed by atoms with E-state index in [1.807, 2.05) is 6.07 Å². The van der Waals surface area contributed by atoms with E-state index in [0.717, 1.165) is 15.3 Å². The van der Waals surface area contributed by atoms with Crippen LogP contribution in [0.5, 0.6) is 0 Å². The molecule has 0 fully saturated rings. The van der Waals surface area contributed by atoms with Crippen molar-refractivity contribution in [1.82, 2.24) is 15.0 Å². The number of nitrogen functional groups attached to an aromatic ring is 1. The van der Waals surface area contributed by atoms with Gasteiger partial charge in [-0.25, -0.2) is 0 Å². The summed E-state index contributed by atoms with van der Waals surface area (Å²) in [6, 6.07) is 10.1. The van der Waals surface area contributed by atoms with Gasteiger partial charge < -0.3 is 15.8 Å². The number of halogens is 1. The summed E-state index contributed by atoms with van der Waals surface area (Å²) in [5.74, 6) is -1.55. The highest BCUT2D eigenvalue weighted by atomic mass is 35.5. The Kier molecular flexibility index (Phi) is 5.97. The molecule has 0 saturated carbocycles. The van der Waals surface area contributed by atoms with E-state index in [9.17, 15) is 19.5 Å². The van der Waals surface area contributed by atoms with Gasteiger partial charge in [-0.1, -0.05) is 23.7 Å². The molecule has 0 saturated heterocycles. The van der Waals surface area contributed by atoms with E-state index in [1.165, 1.54) is 11.3 Å². The second-order valence-electron chi connectivity index (χ2n) is 6.99. The van der Waals surface area contributed by atoms with Crippen LogP contribution < -0.4 is 16.2 Å². The molecule has 3 aromatic heterocycles. The van der Waals surface area contributed by atoms with Crippen molar-refractivity contribution < 1.29 is 14.7 Å². The van der Waals surface area contributed by atoms with E-state index in [0.29, 0.717) is 34.4 Å². The predicted molar refractivity (Wildman–Crippen MR) is 124 cm³/mol. The largest absolute Gasteiger partial charge is 0.480 e. The molecule has 9 nitrogen and oxygen atoms in total. The summed E-state index contributed by atoms with van der Waals surface area (Å²) >= 11 is 7.46. The maximum absolute atomic E-state index is 13.1. The molecule has 11 heteroatoms. The van der Waals surface area contributed by atoms with Crippen molar-refractivity contribution in [3.63, 3.8) is 0 Å². The monoisotopic (exact) mass is 471 g/mol. The third-order valence-electron chi connectivity index (χ3n) is 4.84. The van der Waals surface area contributed by atoms with Crippen LogP contribution in [0.25, 0.3) is 11.0 Å². The van der Waals surface area contributed by atoms with Crippen LogP contribution >= 0.6 is 22.9 Å². The number of hydrogen-bond acceptors (Lipinski definition) is 6. The van der Waals surface area contributed by atoms with Crippen molar-refractivity contribution in [3.05, 3.63) is 73.3 Å². The molecule has 0 unspecified atom stereocenters. The number of aryl methyl sites for hydroxylation is 2. The van der Waals surface area contributed by atoms with Gasteiger partial charge in [-0.2, -0.15) is 4.98 Å². The molecular weight excluding hydrogens is 454 g/mol. The van der Waals surface area contributed by atoms with Gasteiger partial charge in [0.15, 0.2) is 0 Å². The van der Waals surface area contributed by atoms with Gasteiger partial charge in [-0.3, -0.25) is 24.3 Å². The lowest BCUT2D eigenvalue weighted by atomic mass is 10.1. The Bertz CT molecular complexity index is 1380. The molecule has 32 heavy (non-hydrogen) atoms. The predicted octanol–water partition coefficient (Wildman–Crippen LogP) is 3.06. The molecule has 1 amide bonds. The number of fused-ring (bicyclic) bond motifs is 1. The number of carboxylic acids is 1. The Labute approximate surface area is 190 Å². The van der Waals surface area contributed by atoms with Crippen LogP contribution in [0.1, 0.15) is 20.1 Å². The first-order valence-corrected chi connectivity index (χ1v) is 10.8. The summed E-state index contributed by atoms with van der Waals surface area (Å²) in [6.45, 7) is -0.510. The van der Waals surface area contributed by atoms with Gasteiger partial charge in [0.2, 0.25) is 5.95 Å². The topological polar surface area (TPSA) is 145 Å². The molecule has 5 N–H and O–H groups in total. The van der Waals surface area contributed by atoms with Gasteiger partial charge in [0.05, 0.1) is 21.0 Å². The molecule has 0 atom stereocenters. The quantitative estimate of drug-likeness (QED) is 0.326. The molecule has 3 heterocycles. The molecule has 0 spiro atoms. The van der Waals surface area contributed by atoms with E-state index in [4.69, 9.17) is 17.3 Å². The number of carbonyl (C=O) groups excluding carboxylic acids is 1. The van der Waals surface area contributed by atoms with Crippen LogP contribution in [0, 0.1) is 0 Å². The molecular formula is C21H18ClN5O4S. The van der Waals surface area contributed by atoms with Crippen LogP contribution in [-0.2, 0) is 17.6 Å². The first-order chi connectivity index (χ1) is 15.3. The number of aromatic amines is 2. The van der Waals surface area contributed by atoms with Crippen LogP contribution in [0.15, 0.2) is 47.4 Å². The number of hydrogen-bond donors (Lipinski definition) is 4. The second-order valence-corrected chi connectivity index (χ2v) is 8.57. The third-order valence-corrected chi connectivity index (χ3v) is 6.29. The van der Waals surface area contributed by atoms with Gasteiger partial charge in [-0.15, -0.1) is 11.3 Å². The molecule has 4 rings (SSSR count). The summed E-state index contributed by atoms with van der Waals surface area (Å²) in [7, 11) is 0. The smallest absolute Gasteiger partial charge is 0.323 e. The van der Waals surface area contributed by atoms with Crippen molar-refractivity contribution >= 4 is 57.5 Å². The molecule has 0 radical (unpaired) electrons. The number of aromatic nitrogens is 3. The minimum absolute atomic E-state index is 0.0433. The number of amides is 1. The second kappa shape index (κ2) is 8.85. The lowest BCUT2D eigenvalue weighted by molar-refractivity contribution is -0.135. The van der Waals surface area contributed by atoms with Crippen molar-refractivity contribution in [2.24, 2.45) is 0 Å². The Hall–Kier alpha value is -3.63. The number of nitrogens with two attached hydrogens (primary N) is 1. The van der Waals surface area contributed by atoms with E-state index < -0.39 is 18.4 Å². The number of aliphatic carboxylic acids is 1. The lowest BCUT2D eigenvalue weighted by Gasteiger charge is -2.21. The molecule has 4 aromatic rings. The summed E-state index contributed by atoms with van der Waals surface area (Å²) in [5, 5.41) is 10.0. The maximum atomic E-state index is 13.1. The van der Waals surface area contributed by atoms with Crippen molar-refractivity contribution in [1.29, 1.82) is 0 Å². The number of anilines is 2. The molecule has 0 bridgehead atoms. The maximum Gasteiger partial charge on any atom is 0.323 e. The third kappa shape index (κ3) is 4.36. The highest BCUT2D eigenvalue weighted by molar-refractivity contribution is 7.14. The zero-order chi connectivity index (χ0) is 22.8. The van der Waals surface area contributed by atoms with Crippen molar-refractivity contribution in [2.75, 3.05) is 17.2 Å². The number of H-pyrrole nitrogens is 2. The molecule has 1 aromatic carbocycles. The van der Waals surface area contributed by atoms with E-state index in [1.54, 1.807) is 36.5 Å². The first kappa shape index (κ1) is 21.6. The zero-order valence-electron chi connectivity index (χ0n) is 16.6. The van der Waals surface area contributed by atoms with E-state index in [2.05, 4.69) is 15.0 Å². The fourth-order valence-corrected chi connectivity index (χ4v) is 4.60. The summed E-state index contributed by atoms with van der Waals surface area (Å²) in [4.78, 5) is 48.6. The minimum atomic E-state index is -1.14. The molecule has 0 aliphatic carbocycles. The molecule has 164 valence electrons. The SMILES string of the molecule is Nc1nc2[nH]cc(CCc3ccc(C(=O)N(CC(=O)O)c4ccccc4Cl)s3)c2c(=O)[nH]1. The fraction of sp³-hybridized carbons (Fsp3) is 0.143. The average Bonchev–Trinajstić information content (AvgIpc) is 3.37. The van der Waals surface area contributed by atoms with E-state index >= 15 is 0 Å². The van der Waals surface area contributed by atoms with E-state index in [-0.39, 0.29) is 16.5 Å². The van der Waals surface area contributed by atoms with Crippen molar-refractivity contribution in [3.8, 4) is 0 Å². The summed E-state index contributed by atoms with van der Waals surface area (Å²) < 4.78 is 0. The Morgan fingerprint density at radius 1 is 1.19 bits per heavy atom. The van der Waals surface area contributed by atoms with Gasteiger partial charge in [0.1, 0.15) is 12.2 Å². The van der Waals surface area contributed by atoms with Gasteiger partial charge >= 0.3 is 5.97 Å². The van der Waals surface area contributed by atoms with Crippen LogP contribution in [0.2, 0.25) is 5.02 Å². The van der Waals surface area contributed by atoms with Crippen LogP contribution in [0.4, 0.5) is 11.6 Å². The Balaban J connectivity index is 1.54. The number of thiophene rings is 1. The molecule has 0 aliphatic heterocycles. The fourth-order valence-electron chi connectivity index (χ4n) is 3.41. The lowest BCUT2D eigenvalue weighted by Crippen LogP contribution is -2.35. The van der Waals surface area contributed by atoms with Crippen LogP contribution in [-0.4, -0.2) is 38.5 Å². The van der Waals surface area contributed by atoms with Crippen molar-refractivity contribution in [2.45, 2.75) is 12.8 Å². The number of rotatable bonds is 7. The zero-order valence-corrected chi connectivity index (χ0v) is 18.2.